The predicted molar refractivity (Wildman–Crippen MR) is 207 cm³/mol. The van der Waals surface area contributed by atoms with Crippen LogP contribution >= 0.6 is 0 Å². The second kappa shape index (κ2) is 11.9. The number of aromatic nitrogens is 4. The number of hydrogen-bond donors (Lipinski definition) is 0. The van der Waals surface area contributed by atoms with Gasteiger partial charge in [-0.05, 0) is 47.5 Å². The third-order valence-corrected chi connectivity index (χ3v) is 9.56. The highest BCUT2D eigenvalue weighted by Crippen LogP contribution is 2.34. The summed E-state index contributed by atoms with van der Waals surface area (Å²) in [6.07, 6.45) is 1.82. The molecule has 51 heavy (non-hydrogen) atoms. The first kappa shape index (κ1) is 29.0. The maximum atomic E-state index is 6.05. The van der Waals surface area contributed by atoms with Crippen molar-refractivity contribution in [1.82, 2.24) is 19.9 Å². The van der Waals surface area contributed by atoms with Crippen LogP contribution in [0.15, 0.2) is 174 Å². The number of benzene rings is 6. The van der Waals surface area contributed by atoms with Crippen molar-refractivity contribution in [3.05, 3.63) is 170 Å². The van der Waals surface area contributed by atoms with E-state index in [9.17, 15) is 0 Å². The van der Waals surface area contributed by atoms with Gasteiger partial charge in [-0.15, -0.1) is 0 Å². The zero-order chi connectivity index (χ0) is 33.7. The van der Waals surface area contributed by atoms with Gasteiger partial charge in [0.1, 0.15) is 11.2 Å². The molecule has 5 heteroatoms. The van der Waals surface area contributed by atoms with Gasteiger partial charge < -0.3 is 4.42 Å². The second-order valence-electron chi connectivity index (χ2n) is 12.7. The van der Waals surface area contributed by atoms with E-state index in [1.54, 1.807) is 0 Å². The Bertz CT molecular complexity index is 2900. The van der Waals surface area contributed by atoms with Crippen LogP contribution in [0, 0.1) is 0 Å². The minimum atomic E-state index is 0.684. The smallest absolute Gasteiger partial charge is 0.160 e. The standard InChI is InChI=1S/C46H28N4O/c1-2-7-35(8-3-1)46-49-40(31-14-12-29(13-15-31)36-23-25-43-38(27-36)37-10-4-5-11-42(37)51-43)28-41(50-46)32-18-16-30(17-19-32)39-24-22-34-21-20-33-9-6-26-47-44(33)45(34)48-39/h1-28H. The SMILES string of the molecule is c1ccc(-c2nc(-c3ccc(-c4ccc5oc6ccccc6c5c4)cc3)cc(-c3ccc(-c4ccc5ccc6cccnc6c5n4)cc3)n2)cc1. The van der Waals surface area contributed by atoms with Crippen molar-refractivity contribution in [2.75, 3.05) is 0 Å². The van der Waals surface area contributed by atoms with Crippen molar-refractivity contribution in [2.45, 2.75) is 0 Å². The van der Waals surface area contributed by atoms with Gasteiger partial charge in [0.05, 0.1) is 28.1 Å². The molecule has 4 heterocycles. The van der Waals surface area contributed by atoms with E-state index in [2.05, 4.69) is 126 Å². The summed E-state index contributed by atoms with van der Waals surface area (Å²) < 4.78 is 6.05. The van der Waals surface area contributed by atoms with Gasteiger partial charge in [0.2, 0.25) is 0 Å². The van der Waals surface area contributed by atoms with E-state index >= 15 is 0 Å². The number of para-hydroxylation sites is 1. The average Bonchev–Trinajstić information content (AvgIpc) is 3.59. The van der Waals surface area contributed by atoms with Crippen molar-refractivity contribution >= 4 is 43.7 Å². The minimum Gasteiger partial charge on any atom is -0.456 e. The van der Waals surface area contributed by atoms with Crippen LogP contribution in [0.25, 0.3) is 100 Å². The summed E-state index contributed by atoms with van der Waals surface area (Å²) in [6, 6.07) is 56.2. The van der Waals surface area contributed by atoms with Crippen molar-refractivity contribution in [1.29, 1.82) is 0 Å². The van der Waals surface area contributed by atoms with E-state index in [0.29, 0.717) is 5.82 Å². The van der Waals surface area contributed by atoms with Crippen LogP contribution in [0.1, 0.15) is 0 Å². The molecule has 0 saturated heterocycles. The summed E-state index contributed by atoms with van der Waals surface area (Å²) in [6.45, 7) is 0. The quantitative estimate of drug-likeness (QED) is 0.173. The molecule has 0 radical (unpaired) electrons. The molecule has 4 aromatic heterocycles. The first-order chi connectivity index (χ1) is 25.2. The lowest BCUT2D eigenvalue weighted by molar-refractivity contribution is 0.669. The molecule has 10 aromatic rings. The van der Waals surface area contributed by atoms with Crippen LogP contribution in [0.3, 0.4) is 0 Å². The Morgan fingerprint density at radius 2 is 0.961 bits per heavy atom. The monoisotopic (exact) mass is 652 g/mol. The van der Waals surface area contributed by atoms with E-state index in [-0.39, 0.29) is 0 Å². The van der Waals surface area contributed by atoms with E-state index in [1.807, 2.05) is 48.7 Å². The number of hydrogen-bond acceptors (Lipinski definition) is 5. The number of fused-ring (bicyclic) bond motifs is 6. The van der Waals surface area contributed by atoms with Crippen molar-refractivity contribution in [3.63, 3.8) is 0 Å². The number of rotatable bonds is 5. The summed E-state index contributed by atoms with van der Waals surface area (Å²) in [4.78, 5) is 19.8. The summed E-state index contributed by atoms with van der Waals surface area (Å²) in [5.41, 5.74) is 12.5. The molecule has 0 unspecified atom stereocenters. The largest absolute Gasteiger partial charge is 0.456 e. The van der Waals surface area contributed by atoms with Gasteiger partial charge >= 0.3 is 0 Å². The zero-order valence-corrected chi connectivity index (χ0v) is 27.4. The first-order valence-electron chi connectivity index (χ1n) is 17.0. The Morgan fingerprint density at radius 3 is 1.73 bits per heavy atom. The van der Waals surface area contributed by atoms with E-state index < -0.39 is 0 Å². The molecular weight excluding hydrogens is 625 g/mol. The molecule has 0 saturated carbocycles. The van der Waals surface area contributed by atoms with Gasteiger partial charge in [0, 0.05) is 50.0 Å². The van der Waals surface area contributed by atoms with E-state index in [0.717, 1.165) is 94.2 Å². The molecule has 238 valence electrons. The van der Waals surface area contributed by atoms with Gasteiger partial charge in [-0.3, -0.25) is 4.98 Å². The fraction of sp³-hybridized carbons (Fsp3) is 0. The third kappa shape index (κ3) is 5.20. The van der Waals surface area contributed by atoms with Crippen molar-refractivity contribution < 1.29 is 4.42 Å². The highest BCUT2D eigenvalue weighted by Gasteiger charge is 2.13. The van der Waals surface area contributed by atoms with Crippen LogP contribution in [0.5, 0.6) is 0 Å². The summed E-state index contributed by atoms with van der Waals surface area (Å²) in [5.74, 6) is 0.684. The number of pyridine rings is 2. The Kier molecular flexibility index (Phi) is 6.74. The van der Waals surface area contributed by atoms with Gasteiger partial charge in [-0.1, -0.05) is 127 Å². The maximum absolute atomic E-state index is 6.05. The Balaban J connectivity index is 1.01. The Hall–Kier alpha value is -6.98. The molecule has 5 nitrogen and oxygen atoms in total. The van der Waals surface area contributed by atoms with Crippen LogP contribution in [-0.4, -0.2) is 19.9 Å². The molecule has 0 bridgehead atoms. The lowest BCUT2D eigenvalue weighted by Crippen LogP contribution is -1.96. The maximum Gasteiger partial charge on any atom is 0.160 e. The Morgan fingerprint density at radius 1 is 0.353 bits per heavy atom. The topological polar surface area (TPSA) is 64.7 Å². The Labute approximate surface area is 293 Å². The summed E-state index contributed by atoms with van der Waals surface area (Å²) in [7, 11) is 0. The second-order valence-corrected chi connectivity index (χ2v) is 12.7. The summed E-state index contributed by atoms with van der Waals surface area (Å²) in [5, 5.41) is 4.40. The number of furan rings is 1. The number of nitrogens with zero attached hydrogens (tertiary/aromatic N) is 4. The molecule has 0 spiro atoms. The molecule has 0 N–H and O–H groups in total. The van der Waals surface area contributed by atoms with Crippen LogP contribution in [0.4, 0.5) is 0 Å². The lowest BCUT2D eigenvalue weighted by Gasteiger charge is -2.11. The third-order valence-electron chi connectivity index (χ3n) is 9.56. The molecular formula is C46H28N4O. The first-order valence-corrected chi connectivity index (χ1v) is 17.0. The lowest BCUT2D eigenvalue weighted by atomic mass is 10.00. The van der Waals surface area contributed by atoms with Gasteiger partial charge in [0.25, 0.3) is 0 Å². The van der Waals surface area contributed by atoms with E-state index in [4.69, 9.17) is 19.4 Å². The van der Waals surface area contributed by atoms with E-state index in [1.165, 1.54) is 0 Å². The zero-order valence-electron chi connectivity index (χ0n) is 27.4. The van der Waals surface area contributed by atoms with Crippen LogP contribution in [-0.2, 0) is 0 Å². The van der Waals surface area contributed by atoms with Crippen molar-refractivity contribution in [2.24, 2.45) is 0 Å². The normalized spacial score (nSPS) is 11.5. The highest BCUT2D eigenvalue weighted by atomic mass is 16.3. The van der Waals surface area contributed by atoms with Crippen molar-refractivity contribution in [3.8, 4) is 56.3 Å². The average molecular weight is 653 g/mol. The van der Waals surface area contributed by atoms with Crippen LogP contribution < -0.4 is 0 Å². The molecule has 6 aromatic carbocycles. The molecule has 10 rings (SSSR count). The van der Waals surface area contributed by atoms with Gasteiger partial charge in [-0.2, -0.15) is 0 Å². The molecule has 0 amide bonds. The predicted octanol–water partition coefficient (Wildman–Crippen LogP) is 11.8. The van der Waals surface area contributed by atoms with Gasteiger partial charge in [-0.25, -0.2) is 15.0 Å². The molecule has 0 aliphatic heterocycles. The fourth-order valence-corrected chi connectivity index (χ4v) is 6.89. The fourth-order valence-electron chi connectivity index (χ4n) is 6.89. The minimum absolute atomic E-state index is 0.684. The molecule has 0 aliphatic carbocycles. The molecule has 0 atom stereocenters. The van der Waals surface area contributed by atoms with Crippen LogP contribution in [0.2, 0.25) is 0 Å². The summed E-state index contributed by atoms with van der Waals surface area (Å²) >= 11 is 0. The molecule has 0 aliphatic rings. The highest BCUT2D eigenvalue weighted by molar-refractivity contribution is 6.06. The van der Waals surface area contributed by atoms with Gasteiger partial charge in [0.15, 0.2) is 5.82 Å². The molecule has 0 fully saturated rings.